The third-order valence-corrected chi connectivity index (χ3v) is 3.79. The Balaban J connectivity index is 1.69. The summed E-state index contributed by atoms with van der Waals surface area (Å²) >= 11 is 0. The van der Waals surface area contributed by atoms with Gasteiger partial charge in [0.1, 0.15) is 5.76 Å². The molecule has 1 aliphatic carbocycles. The SMILES string of the molecule is CN(C(=O)[C@@H]1C[C@@H]1c1ccco1)c1ccc([N+](=O)[O-])cc1. The van der Waals surface area contributed by atoms with Crippen molar-refractivity contribution in [3.8, 4) is 0 Å². The lowest BCUT2D eigenvalue weighted by atomic mass is 10.2. The third-order valence-electron chi connectivity index (χ3n) is 3.79. The van der Waals surface area contributed by atoms with Crippen molar-refractivity contribution in [1.82, 2.24) is 0 Å². The zero-order valence-electron chi connectivity index (χ0n) is 11.4. The number of non-ortho nitro benzene ring substituents is 1. The summed E-state index contributed by atoms with van der Waals surface area (Å²) in [5.74, 6) is 0.917. The molecule has 1 aromatic carbocycles. The normalized spacial score (nSPS) is 20.0. The number of hydrogen-bond acceptors (Lipinski definition) is 4. The maximum Gasteiger partial charge on any atom is 0.269 e. The molecule has 1 saturated carbocycles. The molecule has 3 rings (SSSR count). The fraction of sp³-hybridized carbons (Fsp3) is 0.267. The highest BCUT2D eigenvalue weighted by Crippen LogP contribution is 2.48. The number of nitro benzene ring substituents is 1. The zero-order chi connectivity index (χ0) is 15.0. The van der Waals surface area contributed by atoms with Gasteiger partial charge in [-0.25, -0.2) is 0 Å². The van der Waals surface area contributed by atoms with Crippen LogP contribution >= 0.6 is 0 Å². The molecule has 1 fully saturated rings. The molecule has 0 saturated heterocycles. The van der Waals surface area contributed by atoms with E-state index in [2.05, 4.69) is 0 Å². The predicted molar refractivity (Wildman–Crippen MR) is 76.1 cm³/mol. The van der Waals surface area contributed by atoms with Gasteiger partial charge >= 0.3 is 0 Å². The van der Waals surface area contributed by atoms with Crippen LogP contribution in [0.25, 0.3) is 0 Å². The monoisotopic (exact) mass is 286 g/mol. The number of benzene rings is 1. The number of nitro groups is 1. The van der Waals surface area contributed by atoms with E-state index >= 15 is 0 Å². The first-order valence-electron chi connectivity index (χ1n) is 6.63. The predicted octanol–water partition coefficient (Wildman–Crippen LogP) is 2.95. The highest BCUT2D eigenvalue weighted by molar-refractivity contribution is 5.97. The minimum Gasteiger partial charge on any atom is -0.469 e. The summed E-state index contributed by atoms with van der Waals surface area (Å²) in [6.07, 6.45) is 2.39. The van der Waals surface area contributed by atoms with E-state index in [4.69, 9.17) is 4.42 Å². The summed E-state index contributed by atoms with van der Waals surface area (Å²) in [6.45, 7) is 0. The van der Waals surface area contributed by atoms with Gasteiger partial charge in [0.25, 0.3) is 5.69 Å². The Bertz CT molecular complexity index is 663. The average molecular weight is 286 g/mol. The Labute approximate surface area is 121 Å². The van der Waals surface area contributed by atoms with Crippen LogP contribution < -0.4 is 4.90 Å². The topological polar surface area (TPSA) is 76.6 Å². The molecule has 1 aliphatic rings. The maximum atomic E-state index is 12.4. The highest BCUT2D eigenvalue weighted by atomic mass is 16.6. The summed E-state index contributed by atoms with van der Waals surface area (Å²) in [6, 6.07) is 9.66. The quantitative estimate of drug-likeness (QED) is 0.639. The standard InChI is InChI=1S/C15H14N2O4/c1-16(10-4-6-11(7-5-10)17(19)20)15(18)13-9-12(13)14-3-2-8-21-14/h2-8,12-13H,9H2,1H3/t12-,13+/m0/s1. The summed E-state index contributed by atoms with van der Waals surface area (Å²) in [5, 5.41) is 10.6. The summed E-state index contributed by atoms with van der Waals surface area (Å²) in [5.41, 5.74) is 0.662. The number of hydrogen-bond donors (Lipinski definition) is 0. The van der Waals surface area contributed by atoms with E-state index in [0.29, 0.717) is 5.69 Å². The molecule has 1 heterocycles. The molecule has 1 amide bonds. The van der Waals surface area contributed by atoms with Gasteiger partial charge in [-0.15, -0.1) is 0 Å². The van der Waals surface area contributed by atoms with E-state index < -0.39 is 4.92 Å². The first-order valence-corrected chi connectivity index (χ1v) is 6.63. The largest absolute Gasteiger partial charge is 0.469 e. The maximum absolute atomic E-state index is 12.4. The van der Waals surface area contributed by atoms with E-state index in [1.807, 2.05) is 12.1 Å². The first kappa shape index (κ1) is 13.4. The van der Waals surface area contributed by atoms with Gasteiger partial charge in [0.15, 0.2) is 0 Å². The lowest BCUT2D eigenvalue weighted by Gasteiger charge is -2.17. The van der Waals surface area contributed by atoms with Crippen molar-refractivity contribution in [1.29, 1.82) is 0 Å². The molecule has 0 unspecified atom stereocenters. The number of rotatable bonds is 4. The van der Waals surface area contributed by atoms with Crippen LogP contribution in [0, 0.1) is 16.0 Å². The third kappa shape index (κ3) is 2.52. The molecule has 1 aromatic heterocycles. The molecule has 2 atom stereocenters. The number of carbonyl (C=O) groups excluding carboxylic acids is 1. The molecule has 0 N–H and O–H groups in total. The highest BCUT2D eigenvalue weighted by Gasteiger charge is 2.47. The fourth-order valence-electron chi connectivity index (χ4n) is 2.46. The second kappa shape index (κ2) is 5.05. The van der Waals surface area contributed by atoms with Gasteiger partial charge < -0.3 is 9.32 Å². The second-order valence-electron chi connectivity index (χ2n) is 5.13. The van der Waals surface area contributed by atoms with Crippen LogP contribution in [-0.2, 0) is 4.79 Å². The van der Waals surface area contributed by atoms with Crippen LogP contribution in [0.2, 0.25) is 0 Å². The molecule has 0 radical (unpaired) electrons. The van der Waals surface area contributed by atoms with Crippen molar-refractivity contribution < 1.29 is 14.1 Å². The van der Waals surface area contributed by atoms with Gasteiger partial charge in [-0.05, 0) is 30.7 Å². The van der Waals surface area contributed by atoms with Crippen LogP contribution in [0.3, 0.4) is 0 Å². The molecule has 0 bridgehead atoms. The molecule has 6 nitrogen and oxygen atoms in total. The Morgan fingerprint density at radius 3 is 2.62 bits per heavy atom. The second-order valence-corrected chi connectivity index (χ2v) is 5.13. The van der Waals surface area contributed by atoms with Crippen LogP contribution in [0.15, 0.2) is 47.1 Å². The van der Waals surface area contributed by atoms with Gasteiger partial charge in [-0.2, -0.15) is 0 Å². The zero-order valence-corrected chi connectivity index (χ0v) is 11.4. The molecule has 108 valence electrons. The molecule has 0 aliphatic heterocycles. The van der Waals surface area contributed by atoms with E-state index in [0.717, 1.165) is 12.2 Å². The van der Waals surface area contributed by atoms with Crippen LogP contribution in [0.4, 0.5) is 11.4 Å². The lowest BCUT2D eigenvalue weighted by molar-refractivity contribution is -0.384. The minimum absolute atomic E-state index is 0.00486. The van der Waals surface area contributed by atoms with Crippen molar-refractivity contribution in [3.05, 3.63) is 58.5 Å². The lowest BCUT2D eigenvalue weighted by Crippen LogP contribution is -2.28. The molecule has 0 spiro atoms. The van der Waals surface area contributed by atoms with Crippen LogP contribution in [0.1, 0.15) is 18.1 Å². The number of amides is 1. The van der Waals surface area contributed by atoms with Gasteiger partial charge in [0.05, 0.1) is 11.2 Å². The number of carbonyl (C=O) groups is 1. The first-order chi connectivity index (χ1) is 10.1. The average Bonchev–Trinajstić information content (AvgIpc) is 3.11. The molecule has 2 aromatic rings. The molecule has 6 heteroatoms. The number of anilines is 1. The van der Waals surface area contributed by atoms with E-state index in [1.165, 1.54) is 17.0 Å². The van der Waals surface area contributed by atoms with Gasteiger partial charge in [-0.3, -0.25) is 14.9 Å². The molecular formula is C15H14N2O4. The van der Waals surface area contributed by atoms with E-state index in [9.17, 15) is 14.9 Å². The number of nitrogens with zero attached hydrogens (tertiary/aromatic N) is 2. The minimum atomic E-state index is -0.459. The van der Waals surface area contributed by atoms with Crippen LogP contribution in [0.5, 0.6) is 0 Å². The fourth-order valence-corrected chi connectivity index (χ4v) is 2.46. The van der Waals surface area contributed by atoms with Crippen molar-refractivity contribution in [2.45, 2.75) is 12.3 Å². The smallest absolute Gasteiger partial charge is 0.269 e. The van der Waals surface area contributed by atoms with E-state index in [1.54, 1.807) is 25.4 Å². The Morgan fingerprint density at radius 2 is 2.05 bits per heavy atom. The van der Waals surface area contributed by atoms with Crippen LogP contribution in [-0.4, -0.2) is 17.9 Å². The summed E-state index contributed by atoms with van der Waals surface area (Å²) in [4.78, 5) is 24.1. The van der Waals surface area contributed by atoms with Crippen molar-refractivity contribution in [3.63, 3.8) is 0 Å². The van der Waals surface area contributed by atoms with Crippen molar-refractivity contribution >= 4 is 17.3 Å². The van der Waals surface area contributed by atoms with Crippen molar-refractivity contribution in [2.75, 3.05) is 11.9 Å². The Morgan fingerprint density at radius 1 is 1.33 bits per heavy atom. The Hall–Kier alpha value is -2.63. The van der Waals surface area contributed by atoms with Gasteiger partial charge in [0, 0.05) is 36.7 Å². The number of furan rings is 1. The van der Waals surface area contributed by atoms with Crippen molar-refractivity contribution in [2.24, 2.45) is 5.92 Å². The van der Waals surface area contributed by atoms with Gasteiger partial charge in [0.2, 0.25) is 5.91 Å². The summed E-state index contributed by atoms with van der Waals surface area (Å²) < 4.78 is 5.32. The van der Waals surface area contributed by atoms with Gasteiger partial charge in [-0.1, -0.05) is 0 Å². The van der Waals surface area contributed by atoms with E-state index in [-0.39, 0.29) is 23.4 Å². The molecule has 21 heavy (non-hydrogen) atoms. The summed E-state index contributed by atoms with van der Waals surface area (Å²) in [7, 11) is 1.68. The Kier molecular flexibility index (Phi) is 3.21. The molecular weight excluding hydrogens is 272 g/mol.